The molecule has 2 heteroatoms. The van der Waals surface area contributed by atoms with E-state index in [2.05, 4.69) is 116 Å². The molecular weight excluding hydrogens is 462 g/mol. The summed E-state index contributed by atoms with van der Waals surface area (Å²) in [7, 11) is 0. The van der Waals surface area contributed by atoms with Crippen LogP contribution in [0.4, 0.5) is 0 Å². The van der Waals surface area contributed by atoms with Crippen molar-refractivity contribution in [1.29, 1.82) is 0 Å². The standard InChI is InChI=1S/C34H39NO.C2H6/c1-4-6-21-31-27(3)30-22-13-14-23-32(30)34(31)36-25-16-15-24-35(5-2)26-33(28-17-9-7-10-18-28)29-19-11-8-12-20-29;1-2/h4,6-14,17-23,33-34H,1,5,15-16,24-26H2,2-3H3;1-2H3/b21-6-;. The molecule has 0 amide bonds. The summed E-state index contributed by atoms with van der Waals surface area (Å²) in [5, 5.41) is 0. The van der Waals surface area contributed by atoms with Gasteiger partial charge in [-0.25, -0.2) is 0 Å². The zero-order valence-electron chi connectivity index (χ0n) is 23.8. The topological polar surface area (TPSA) is 12.5 Å². The van der Waals surface area contributed by atoms with Crippen molar-refractivity contribution in [2.24, 2.45) is 0 Å². The fraction of sp³-hybridized carbons (Fsp3) is 0.333. The summed E-state index contributed by atoms with van der Waals surface area (Å²) in [6, 6.07) is 30.4. The normalized spacial score (nSPS) is 14.6. The maximum Gasteiger partial charge on any atom is 0.108 e. The van der Waals surface area contributed by atoms with E-state index in [9.17, 15) is 0 Å². The maximum absolute atomic E-state index is 6.48. The number of hydrogen-bond acceptors (Lipinski definition) is 2. The van der Waals surface area contributed by atoms with Gasteiger partial charge >= 0.3 is 0 Å². The fourth-order valence-electron chi connectivity index (χ4n) is 5.20. The largest absolute Gasteiger partial charge is 0.369 e. The SMILES string of the molecule is C=C/C=C\C1=C(C)c2ccccc2C1OCCCCN(CC)CC(c1ccccc1)c1ccccc1.CC. The van der Waals surface area contributed by atoms with E-state index in [0.717, 1.165) is 39.1 Å². The van der Waals surface area contributed by atoms with Crippen LogP contribution in [0, 0.1) is 0 Å². The predicted molar refractivity (Wildman–Crippen MR) is 164 cm³/mol. The number of nitrogens with zero attached hydrogens (tertiary/aromatic N) is 1. The van der Waals surface area contributed by atoms with Crippen molar-refractivity contribution in [2.45, 2.75) is 52.6 Å². The third kappa shape index (κ3) is 7.66. The molecule has 2 nitrogen and oxygen atoms in total. The molecule has 0 saturated carbocycles. The van der Waals surface area contributed by atoms with Gasteiger partial charge in [-0.1, -0.05) is 131 Å². The van der Waals surface area contributed by atoms with Crippen molar-refractivity contribution >= 4 is 5.57 Å². The highest BCUT2D eigenvalue weighted by molar-refractivity contribution is 5.78. The number of hydrogen-bond donors (Lipinski definition) is 0. The predicted octanol–water partition coefficient (Wildman–Crippen LogP) is 9.23. The number of fused-ring (bicyclic) bond motifs is 1. The first-order valence-corrected chi connectivity index (χ1v) is 14.3. The first-order chi connectivity index (χ1) is 18.7. The summed E-state index contributed by atoms with van der Waals surface area (Å²) >= 11 is 0. The highest BCUT2D eigenvalue weighted by Gasteiger charge is 2.28. The van der Waals surface area contributed by atoms with Crippen LogP contribution in [0.5, 0.6) is 0 Å². The van der Waals surface area contributed by atoms with E-state index in [1.807, 2.05) is 26.0 Å². The second kappa shape index (κ2) is 15.9. The smallest absolute Gasteiger partial charge is 0.108 e. The first-order valence-electron chi connectivity index (χ1n) is 14.3. The maximum atomic E-state index is 6.48. The van der Waals surface area contributed by atoms with E-state index >= 15 is 0 Å². The number of allylic oxidation sites excluding steroid dienone is 3. The summed E-state index contributed by atoms with van der Waals surface area (Å²) in [5.74, 6) is 0.380. The van der Waals surface area contributed by atoms with Crippen molar-refractivity contribution in [3.8, 4) is 0 Å². The molecule has 0 spiro atoms. The molecule has 4 rings (SSSR count). The lowest BCUT2D eigenvalue weighted by Gasteiger charge is -2.27. The van der Waals surface area contributed by atoms with Crippen LogP contribution in [0.2, 0.25) is 0 Å². The van der Waals surface area contributed by atoms with Crippen LogP contribution < -0.4 is 0 Å². The zero-order chi connectivity index (χ0) is 27.2. The molecule has 0 aliphatic heterocycles. The number of rotatable bonds is 13. The molecule has 0 radical (unpaired) electrons. The highest BCUT2D eigenvalue weighted by Crippen LogP contribution is 2.43. The molecular formula is C36H45NO. The Kier molecular flexibility index (Phi) is 12.3. The monoisotopic (exact) mass is 507 g/mol. The molecule has 1 aliphatic rings. The average molecular weight is 508 g/mol. The minimum Gasteiger partial charge on any atom is -0.369 e. The number of benzene rings is 3. The Bertz CT molecular complexity index is 1120. The van der Waals surface area contributed by atoms with E-state index in [0.29, 0.717) is 5.92 Å². The van der Waals surface area contributed by atoms with E-state index in [4.69, 9.17) is 4.74 Å². The van der Waals surface area contributed by atoms with Gasteiger partial charge in [0.05, 0.1) is 0 Å². The Morgan fingerprint density at radius 2 is 1.47 bits per heavy atom. The average Bonchev–Trinajstić information content (AvgIpc) is 3.25. The first kappa shape index (κ1) is 29.4. The quantitative estimate of drug-likeness (QED) is 0.169. The van der Waals surface area contributed by atoms with Crippen molar-refractivity contribution in [3.63, 3.8) is 0 Å². The van der Waals surface area contributed by atoms with Gasteiger partial charge < -0.3 is 9.64 Å². The third-order valence-corrected chi connectivity index (χ3v) is 7.22. The molecule has 1 unspecified atom stereocenters. The van der Waals surface area contributed by atoms with Crippen LogP contribution in [-0.2, 0) is 4.74 Å². The zero-order valence-corrected chi connectivity index (χ0v) is 23.8. The van der Waals surface area contributed by atoms with Gasteiger partial charge in [-0.05, 0) is 66.3 Å². The molecule has 0 aromatic heterocycles. The van der Waals surface area contributed by atoms with Gasteiger partial charge in [0, 0.05) is 19.1 Å². The molecule has 1 atom stereocenters. The van der Waals surface area contributed by atoms with Gasteiger partial charge in [0.1, 0.15) is 6.10 Å². The Morgan fingerprint density at radius 3 is 2.08 bits per heavy atom. The van der Waals surface area contributed by atoms with Crippen LogP contribution in [0.15, 0.2) is 115 Å². The van der Waals surface area contributed by atoms with Gasteiger partial charge in [-0.2, -0.15) is 0 Å². The summed E-state index contributed by atoms with van der Waals surface area (Å²) in [6.07, 6.45) is 8.18. The van der Waals surface area contributed by atoms with Crippen LogP contribution in [0.1, 0.15) is 74.8 Å². The minimum absolute atomic E-state index is 0.0141. The summed E-state index contributed by atoms with van der Waals surface area (Å²) in [6.45, 7) is 16.2. The molecule has 0 fully saturated rings. The second-order valence-corrected chi connectivity index (χ2v) is 9.49. The molecule has 3 aromatic carbocycles. The van der Waals surface area contributed by atoms with Crippen molar-refractivity contribution in [2.75, 3.05) is 26.2 Å². The Labute approximate surface area is 231 Å². The Balaban J connectivity index is 0.00000195. The summed E-state index contributed by atoms with van der Waals surface area (Å²) in [5.41, 5.74) is 7.90. The van der Waals surface area contributed by atoms with Crippen molar-refractivity contribution < 1.29 is 4.74 Å². The summed E-state index contributed by atoms with van der Waals surface area (Å²) in [4.78, 5) is 2.58. The van der Waals surface area contributed by atoms with Crippen molar-refractivity contribution in [1.82, 2.24) is 4.90 Å². The van der Waals surface area contributed by atoms with Gasteiger partial charge in [-0.3, -0.25) is 0 Å². The van der Waals surface area contributed by atoms with Crippen LogP contribution >= 0.6 is 0 Å². The molecule has 0 saturated heterocycles. The van der Waals surface area contributed by atoms with Crippen LogP contribution in [0.3, 0.4) is 0 Å². The molecule has 3 aromatic rings. The molecule has 0 heterocycles. The number of unbranched alkanes of at least 4 members (excludes halogenated alkanes) is 1. The van der Waals surface area contributed by atoms with Gasteiger partial charge in [0.25, 0.3) is 0 Å². The minimum atomic E-state index is 0.0141. The fourth-order valence-corrected chi connectivity index (χ4v) is 5.20. The van der Waals surface area contributed by atoms with E-state index < -0.39 is 0 Å². The number of ether oxygens (including phenoxy) is 1. The molecule has 1 aliphatic carbocycles. The lowest BCUT2D eigenvalue weighted by atomic mass is 9.90. The molecule has 0 N–H and O–H groups in total. The lowest BCUT2D eigenvalue weighted by Crippen LogP contribution is -2.30. The molecule has 0 bridgehead atoms. The highest BCUT2D eigenvalue weighted by atomic mass is 16.5. The van der Waals surface area contributed by atoms with E-state index in [1.165, 1.54) is 33.4 Å². The van der Waals surface area contributed by atoms with Gasteiger partial charge in [0.15, 0.2) is 0 Å². The Hall–Kier alpha value is -3.20. The Morgan fingerprint density at radius 1 is 0.868 bits per heavy atom. The number of likely N-dealkylation sites (N-methyl/N-ethyl adjacent to an activating group) is 1. The summed E-state index contributed by atoms with van der Waals surface area (Å²) < 4.78 is 6.48. The van der Waals surface area contributed by atoms with Gasteiger partial charge in [0.2, 0.25) is 0 Å². The van der Waals surface area contributed by atoms with Crippen LogP contribution in [0.25, 0.3) is 5.57 Å². The lowest BCUT2D eigenvalue weighted by molar-refractivity contribution is 0.0770. The molecule has 38 heavy (non-hydrogen) atoms. The van der Waals surface area contributed by atoms with Crippen molar-refractivity contribution in [3.05, 3.63) is 138 Å². The van der Waals surface area contributed by atoms with Gasteiger partial charge in [-0.15, -0.1) is 0 Å². The van der Waals surface area contributed by atoms with E-state index in [-0.39, 0.29) is 6.10 Å². The van der Waals surface area contributed by atoms with E-state index in [1.54, 1.807) is 0 Å². The third-order valence-electron chi connectivity index (χ3n) is 7.22. The van der Waals surface area contributed by atoms with Crippen LogP contribution in [-0.4, -0.2) is 31.1 Å². The second-order valence-electron chi connectivity index (χ2n) is 9.49. The molecule has 200 valence electrons.